The normalized spacial score (nSPS) is 15.9. The van der Waals surface area contributed by atoms with Gasteiger partial charge in [0.15, 0.2) is 0 Å². The first-order valence-corrected chi connectivity index (χ1v) is 6.91. The molecule has 2 heterocycles. The highest BCUT2D eigenvalue weighted by Crippen LogP contribution is 2.09. The molecule has 6 heteroatoms. The number of rotatable bonds is 3. The van der Waals surface area contributed by atoms with Gasteiger partial charge in [-0.05, 0) is 12.0 Å². The highest BCUT2D eigenvalue weighted by atomic mass is 16.2. The van der Waals surface area contributed by atoms with Crippen LogP contribution >= 0.6 is 0 Å². The number of anilines is 1. The van der Waals surface area contributed by atoms with Crippen molar-refractivity contribution < 1.29 is 4.79 Å². The molecule has 1 saturated heterocycles. The molecule has 0 spiro atoms. The zero-order chi connectivity index (χ0) is 14.4. The van der Waals surface area contributed by atoms with E-state index in [9.17, 15) is 4.79 Å². The Morgan fingerprint density at radius 3 is 2.50 bits per heavy atom. The van der Waals surface area contributed by atoms with E-state index in [4.69, 9.17) is 0 Å². The summed E-state index contributed by atoms with van der Waals surface area (Å²) in [6.45, 7) is 7.01. The average molecular weight is 275 g/mol. The molecule has 1 aliphatic heterocycles. The quantitative estimate of drug-likeness (QED) is 0.907. The largest absolute Gasteiger partial charge is 0.337 e. The molecule has 20 heavy (non-hydrogen) atoms. The Kier molecular flexibility index (Phi) is 4.92. The third kappa shape index (κ3) is 3.94. The van der Waals surface area contributed by atoms with Gasteiger partial charge in [0, 0.05) is 44.8 Å². The van der Waals surface area contributed by atoms with Crippen molar-refractivity contribution in [2.45, 2.75) is 13.8 Å². The van der Waals surface area contributed by atoms with Gasteiger partial charge in [0.2, 0.25) is 5.95 Å². The highest BCUT2D eigenvalue weighted by Gasteiger charge is 2.21. The van der Waals surface area contributed by atoms with E-state index in [0.29, 0.717) is 19.0 Å². The van der Waals surface area contributed by atoms with Crippen LogP contribution in [-0.4, -0.2) is 47.1 Å². The van der Waals surface area contributed by atoms with E-state index in [1.165, 1.54) is 0 Å². The number of urea groups is 1. The molecule has 1 aromatic heterocycles. The average Bonchev–Trinajstić information content (AvgIpc) is 2.48. The maximum atomic E-state index is 11.9. The molecule has 0 aliphatic carbocycles. The van der Waals surface area contributed by atoms with Crippen LogP contribution in [0, 0.1) is 5.92 Å². The first-order valence-electron chi connectivity index (χ1n) is 6.91. The number of carbonyl (C=O) groups is 1. The van der Waals surface area contributed by atoms with Gasteiger partial charge in [-0.3, -0.25) is 0 Å². The number of carbonyl (C=O) groups excluding carboxylic acids is 1. The maximum Gasteiger partial charge on any atom is 0.321 e. The number of allylic oxidation sites excluding steroid dienone is 1. The summed E-state index contributed by atoms with van der Waals surface area (Å²) in [5.74, 6) is 1.16. The molecule has 1 aliphatic rings. The second-order valence-corrected chi connectivity index (χ2v) is 5.08. The van der Waals surface area contributed by atoms with Gasteiger partial charge in [0.1, 0.15) is 0 Å². The summed E-state index contributed by atoms with van der Waals surface area (Å²) in [6, 6.07) is 1.75. The van der Waals surface area contributed by atoms with Gasteiger partial charge in [-0.25, -0.2) is 14.8 Å². The van der Waals surface area contributed by atoms with Crippen LogP contribution in [0.1, 0.15) is 13.8 Å². The van der Waals surface area contributed by atoms with Crippen LogP contribution < -0.4 is 10.2 Å². The van der Waals surface area contributed by atoms with Gasteiger partial charge in [-0.15, -0.1) is 0 Å². The zero-order valence-corrected chi connectivity index (χ0v) is 12.0. The van der Waals surface area contributed by atoms with E-state index in [2.05, 4.69) is 34.0 Å². The summed E-state index contributed by atoms with van der Waals surface area (Å²) in [4.78, 5) is 24.3. The molecule has 0 unspecified atom stereocenters. The number of piperazine rings is 1. The summed E-state index contributed by atoms with van der Waals surface area (Å²) in [7, 11) is 0. The molecule has 6 nitrogen and oxygen atoms in total. The van der Waals surface area contributed by atoms with Crippen LogP contribution in [0.2, 0.25) is 0 Å². The number of nitrogens with zero attached hydrogens (tertiary/aromatic N) is 4. The number of aromatic nitrogens is 2. The van der Waals surface area contributed by atoms with E-state index in [1.807, 2.05) is 11.0 Å². The van der Waals surface area contributed by atoms with Gasteiger partial charge in [0.05, 0.1) is 0 Å². The van der Waals surface area contributed by atoms with Gasteiger partial charge < -0.3 is 15.1 Å². The minimum atomic E-state index is -0.0458. The van der Waals surface area contributed by atoms with E-state index in [-0.39, 0.29) is 6.03 Å². The molecule has 0 saturated carbocycles. The SMILES string of the molecule is CC(C)/C=C/NC(=O)N1CCN(c2ncccn2)CC1. The molecular formula is C14H21N5O. The van der Waals surface area contributed by atoms with Gasteiger partial charge in [-0.1, -0.05) is 19.9 Å². The van der Waals surface area contributed by atoms with Crippen LogP contribution in [0.15, 0.2) is 30.7 Å². The molecule has 0 bridgehead atoms. The van der Waals surface area contributed by atoms with Crippen LogP contribution in [0.4, 0.5) is 10.7 Å². The minimum absolute atomic E-state index is 0.0458. The number of amides is 2. The predicted molar refractivity (Wildman–Crippen MR) is 78.3 cm³/mol. The van der Waals surface area contributed by atoms with Gasteiger partial charge in [0.25, 0.3) is 0 Å². The van der Waals surface area contributed by atoms with Crippen molar-refractivity contribution in [3.05, 3.63) is 30.7 Å². The molecule has 0 atom stereocenters. The third-order valence-corrected chi connectivity index (χ3v) is 3.09. The van der Waals surface area contributed by atoms with Crippen molar-refractivity contribution in [2.24, 2.45) is 5.92 Å². The maximum absolute atomic E-state index is 11.9. The molecule has 1 aromatic rings. The van der Waals surface area contributed by atoms with E-state index >= 15 is 0 Å². The highest BCUT2D eigenvalue weighted by molar-refractivity contribution is 5.75. The fourth-order valence-corrected chi connectivity index (χ4v) is 1.97. The number of hydrogen-bond donors (Lipinski definition) is 1. The standard InChI is InChI=1S/C14H21N5O/c1-12(2)4-7-17-14(20)19-10-8-18(9-11-19)13-15-5-3-6-16-13/h3-7,12H,8-11H2,1-2H3,(H,17,20)/b7-4+. The van der Waals surface area contributed by atoms with Crippen molar-refractivity contribution in [3.8, 4) is 0 Å². The van der Waals surface area contributed by atoms with Crippen molar-refractivity contribution in [1.82, 2.24) is 20.2 Å². The number of hydrogen-bond acceptors (Lipinski definition) is 4. The molecule has 1 fully saturated rings. The van der Waals surface area contributed by atoms with Crippen LogP contribution in [0.3, 0.4) is 0 Å². The topological polar surface area (TPSA) is 61.4 Å². The monoisotopic (exact) mass is 275 g/mol. The van der Waals surface area contributed by atoms with Gasteiger partial charge in [-0.2, -0.15) is 0 Å². The van der Waals surface area contributed by atoms with Crippen molar-refractivity contribution >= 4 is 12.0 Å². The summed E-state index contributed by atoms with van der Waals surface area (Å²) in [5, 5.41) is 2.79. The van der Waals surface area contributed by atoms with Crippen LogP contribution in [0.25, 0.3) is 0 Å². The molecule has 108 valence electrons. The Labute approximate surface area is 119 Å². The molecule has 0 aromatic carbocycles. The first-order chi connectivity index (χ1) is 9.66. The van der Waals surface area contributed by atoms with Gasteiger partial charge >= 0.3 is 6.03 Å². The molecule has 2 rings (SSSR count). The number of nitrogens with one attached hydrogen (secondary N) is 1. The molecule has 2 amide bonds. The summed E-state index contributed by atoms with van der Waals surface area (Å²) >= 11 is 0. The predicted octanol–water partition coefficient (Wildman–Crippen LogP) is 1.48. The fraction of sp³-hybridized carbons (Fsp3) is 0.500. The Bertz CT molecular complexity index is 452. The van der Waals surface area contributed by atoms with Crippen LogP contribution in [-0.2, 0) is 0 Å². The lowest BCUT2D eigenvalue weighted by Crippen LogP contribution is -2.51. The first kappa shape index (κ1) is 14.3. The second-order valence-electron chi connectivity index (χ2n) is 5.08. The van der Waals surface area contributed by atoms with Crippen molar-refractivity contribution in [1.29, 1.82) is 0 Å². The Morgan fingerprint density at radius 1 is 1.25 bits per heavy atom. The lowest BCUT2D eigenvalue weighted by Gasteiger charge is -2.34. The zero-order valence-electron chi connectivity index (χ0n) is 12.0. The summed E-state index contributed by atoms with van der Waals surface area (Å²) < 4.78 is 0. The summed E-state index contributed by atoms with van der Waals surface area (Å²) in [5.41, 5.74) is 0. The molecule has 1 N–H and O–H groups in total. The molecular weight excluding hydrogens is 254 g/mol. The summed E-state index contributed by atoms with van der Waals surface area (Å²) in [6.07, 6.45) is 7.15. The lowest BCUT2D eigenvalue weighted by atomic mass is 10.2. The van der Waals surface area contributed by atoms with E-state index in [0.717, 1.165) is 19.0 Å². The Balaban J connectivity index is 1.81. The van der Waals surface area contributed by atoms with Crippen molar-refractivity contribution in [3.63, 3.8) is 0 Å². The van der Waals surface area contributed by atoms with Crippen LogP contribution in [0.5, 0.6) is 0 Å². The van der Waals surface area contributed by atoms with Crippen molar-refractivity contribution in [2.75, 3.05) is 31.1 Å². The smallest absolute Gasteiger partial charge is 0.321 e. The second kappa shape index (κ2) is 6.88. The molecule has 0 radical (unpaired) electrons. The third-order valence-electron chi connectivity index (χ3n) is 3.09. The van der Waals surface area contributed by atoms with E-state index in [1.54, 1.807) is 24.7 Å². The lowest BCUT2D eigenvalue weighted by molar-refractivity contribution is 0.198. The van der Waals surface area contributed by atoms with E-state index < -0.39 is 0 Å². The Hall–Kier alpha value is -2.11. The fourth-order valence-electron chi connectivity index (χ4n) is 1.97. The Morgan fingerprint density at radius 2 is 1.90 bits per heavy atom. The minimum Gasteiger partial charge on any atom is -0.337 e.